The van der Waals surface area contributed by atoms with Crippen LogP contribution < -0.4 is 17.1 Å². The van der Waals surface area contributed by atoms with Crippen molar-refractivity contribution in [2.75, 3.05) is 0 Å². The highest BCUT2D eigenvalue weighted by molar-refractivity contribution is 5.59. The Bertz CT molecular complexity index is 3440. The molecule has 1 aromatic heterocycles. The molecule has 6 saturated carbocycles. The molecule has 6 fully saturated rings. The molecule has 0 amide bonds. The molecule has 10 rings (SSSR count). The van der Waals surface area contributed by atoms with Crippen LogP contribution in [-0.4, -0.2) is 29.0 Å². The summed E-state index contributed by atoms with van der Waals surface area (Å²) in [5, 5.41) is 41.5. The molecule has 9 nitrogen and oxygen atoms in total. The number of aromatic hydroxyl groups is 3. The van der Waals surface area contributed by atoms with Crippen LogP contribution in [0, 0.1) is 107 Å². The zero-order valence-corrected chi connectivity index (χ0v) is 71.8. The van der Waals surface area contributed by atoms with E-state index in [1.807, 2.05) is 0 Å². The summed E-state index contributed by atoms with van der Waals surface area (Å²) >= 11 is 0. The Morgan fingerprint density at radius 3 is 0.648 bits per heavy atom. The second-order valence-corrected chi connectivity index (χ2v) is 42.7. The molecule has 0 radical (unpaired) electrons. The standard InChI is InChI=1S/C96H153N3O6/c1-52(2)64-34-28-58(13)40-70(64)73-46-82(94(19,20)21)88(100)85(76-43-61(16)31-37-67(76)55(7)8)79(73)49-97-91(103)98(50-80-74(71-41-59(14)29-35-65(71)53(3)4)47-83(95(22,23)24)89(101)86(80)77-44-62(17)32-38-68(77)56(9)10)93(105)99(92(97)104)51-81-75(72-42-60(15)30-36-66(72)54(5)6)48-84(96(25,26)27)90(102)87(81)78-45-63(18)33-39-69(78)57(11)12/h46-48,52-72,76-78,100-102H,28-45,49-51H2,1-27H3. The van der Waals surface area contributed by atoms with Gasteiger partial charge in [-0.3, -0.25) is 0 Å². The van der Waals surface area contributed by atoms with E-state index in [1.165, 1.54) is 13.7 Å². The second-order valence-electron chi connectivity index (χ2n) is 42.7. The quantitative estimate of drug-likeness (QED) is 0.0911. The van der Waals surface area contributed by atoms with Gasteiger partial charge in [-0.15, -0.1) is 0 Å². The van der Waals surface area contributed by atoms with Crippen LogP contribution in [0.4, 0.5) is 0 Å². The summed E-state index contributed by atoms with van der Waals surface area (Å²) in [6.07, 6.45) is 18.5. The van der Waals surface area contributed by atoms with Gasteiger partial charge in [-0.1, -0.05) is 244 Å². The Kier molecular flexibility index (Phi) is 25.6. The van der Waals surface area contributed by atoms with Crippen LogP contribution in [-0.2, 0) is 35.9 Å². The molecule has 18 unspecified atom stereocenters. The molecule has 105 heavy (non-hydrogen) atoms. The maximum Gasteiger partial charge on any atom is 0.336 e. The summed E-state index contributed by atoms with van der Waals surface area (Å²) in [5.74, 6) is 7.21. The molecule has 3 aromatic carbocycles. The van der Waals surface area contributed by atoms with Crippen molar-refractivity contribution in [3.05, 3.63) is 116 Å². The third-order valence-corrected chi connectivity index (χ3v) is 29.7. The normalized spacial score (nSPS) is 30.6. The Balaban J connectivity index is 1.42. The number of nitrogens with zero attached hydrogens (tertiary/aromatic N) is 3. The monoisotopic (exact) mass is 1440 g/mol. The number of hydrogen-bond acceptors (Lipinski definition) is 6. The number of phenols is 3. The highest BCUT2D eigenvalue weighted by atomic mass is 16.3. The predicted molar refractivity (Wildman–Crippen MR) is 441 cm³/mol. The van der Waals surface area contributed by atoms with Gasteiger partial charge in [0, 0.05) is 16.7 Å². The lowest BCUT2D eigenvalue weighted by atomic mass is 9.62. The molecule has 6 aliphatic rings. The van der Waals surface area contributed by atoms with Crippen molar-refractivity contribution in [1.29, 1.82) is 0 Å². The number of benzene rings is 3. The topological polar surface area (TPSA) is 127 Å². The summed E-state index contributed by atoms with van der Waals surface area (Å²) in [4.78, 5) is 52.8. The van der Waals surface area contributed by atoms with Crippen molar-refractivity contribution in [2.45, 2.75) is 374 Å². The van der Waals surface area contributed by atoms with E-state index in [1.54, 1.807) is 0 Å². The Morgan fingerprint density at radius 1 is 0.305 bits per heavy atom. The van der Waals surface area contributed by atoms with Crippen LogP contribution in [0.2, 0.25) is 0 Å². The van der Waals surface area contributed by atoms with Gasteiger partial charge in [-0.2, -0.15) is 0 Å². The van der Waals surface area contributed by atoms with Crippen molar-refractivity contribution in [3.63, 3.8) is 0 Å². The smallest absolute Gasteiger partial charge is 0.336 e. The van der Waals surface area contributed by atoms with Crippen LogP contribution in [0.3, 0.4) is 0 Å². The molecule has 0 saturated heterocycles. The van der Waals surface area contributed by atoms with Crippen molar-refractivity contribution < 1.29 is 15.3 Å². The van der Waals surface area contributed by atoms with Gasteiger partial charge in [0.1, 0.15) is 17.2 Å². The first kappa shape index (κ1) is 83.0. The average Bonchev–Trinajstić information content (AvgIpc) is 0.731. The molecule has 18 atom stereocenters. The molecule has 6 aliphatic carbocycles. The van der Waals surface area contributed by atoms with Crippen molar-refractivity contribution >= 4 is 0 Å². The molecule has 0 aliphatic heterocycles. The third-order valence-electron chi connectivity index (χ3n) is 29.7. The van der Waals surface area contributed by atoms with Gasteiger partial charge in [0.2, 0.25) is 0 Å². The Hall–Kier alpha value is -4.53. The van der Waals surface area contributed by atoms with Crippen LogP contribution in [0.5, 0.6) is 17.2 Å². The predicted octanol–water partition coefficient (Wildman–Crippen LogP) is 24.4. The third kappa shape index (κ3) is 17.0. The minimum absolute atomic E-state index is 0.0480. The summed E-state index contributed by atoms with van der Waals surface area (Å²) in [6.45, 7) is 62.4. The molecule has 3 N–H and O–H groups in total. The maximum atomic E-state index is 17.6. The molecule has 9 heteroatoms. The first-order valence-electron chi connectivity index (χ1n) is 43.5. The van der Waals surface area contributed by atoms with E-state index in [2.05, 4.69) is 205 Å². The van der Waals surface area contributed by atoms with E-state index in [0.717, 1.165) is 182 Å². The fraction of sp³-hybridized carbons (Fsp3) is 0.781. The first-order chi connectivity index (χ1) is 48.9. The molecule has 4 aromatic rings. The lowest BCUT2D eigenvalue weighted by Gasteiger charge is -2.43. The molecule has 588 valence electrons. The summed E-state index contributed by atoms with van der Waals surface area (Å²) < 4.78 is 4.49. The zero-order chi connectivity index (χ0) is 77.5. The summed E-state index contributed by atoms with van der Waals surface area (Å²) in [6, 6.07) is 6.99. The number of phenolic OH excluding ortho intramolecular Hbond substituents is 3. The summed E-state index contributed by atoms with van der Waals surface area (Å²) in [5.41, 5.74) is 8.43. The van der Waals surface area contributed by atoms with E-state index in [-0.39, 0.29) is 72.9 Å². The van der Waals surface area contributed by atoms with Gasteiger partial charge in [-0.05, 0) is 285 Å². The zero-order valence-electron chi connectivity index (χ0n) is 71.8. The van der Waals surface area contributed by atoms with Crippen LogP contribution >= 0.6 is 0 Å². The minimum Gasteiger partial charge on any atom is -0.507 e. The van der Waals surface area contributed by atoms with Crippen LogP contribution in [0.1, 0.15) is 405 Å². The van der Waals surface area contributed by atoms with E-state index in [0.29, 0.717) is 106 Å². The van der Waals surface area contributed by atoms with E-state index >= 15 is 14.4 Å². The minimum atomic E-state index is -0.633. The van der Waals surface area contributed by atoms with Gasteiger partial charge in [0.25, 0.3) is 0 Å². The van der Waals surface area contributed by atoms with Crippen LogP contribution in [0.25, 0.3) is 0 Å². The van der Waals surface area contributed by atoms with Gasteiger partial charge < -0.3 is 15.3 Å². The molecular weight excluding hydrogens is 1290 g/mol. The Morgan fingerprint density at radius 2 is 0.476 bits per heavy atom. The van der Waals surface area contributed by atoms with Gasteiger partial charge in [0.15, 0.2) is 0 Å². The first-order valence-corrected chi connectivity index (χ1v) is 43.5. The summed E-state index contributed by atoms with van der Waals surface area (Å²) in [7, 11) is 0. The van der Waals surface area contributed by atoms with Gasteiger partial charge in [-0.25, -0.2) is 28.1 Å². The number of aromatic nitrogens is 3. The van der Waals surface area contributed by atoms with Gasteiger partial charge >= 0.3 is 17.1 Å². The largest absolute Gasteiger partial charge is 0.507 e. The lowest BCUT2D eigenvalue weighted by molar-refractivity contribution is 0.189. The SMILES string of the molecule is CC1CCC(C(C)C)C(c2cc(C(C)(C)C)c(O)c(C3CC(C)CCC3C(C)C)c2Cn2c(=O)n(Cc3c(C4CC(C)CCC4C(C)C)cc(C(C)(C)C)c(O)c3C3CC(C)CCC3C(C)C)c(=O)n(Cc3c(C4CC(C)CCC4C(C)C)cc(C(C)(C)C)c(O)c3C3CC(C)CCC3C(C)C)c2=O)C1. The molecule has 0 spiro atoms. The number of hydrogen-bond donors (Lipinski definition) is 3. The Labute approximate surface area is 639 Å². The van der Waals surface area contributed by atoms with E-state index in [4.69, 9.17) is 0 Å². The molecule has 0 bridgehead atoms. The molecular formula is C96H153N3O6. The van der Waals surface area contributed by atoms with Crippen LogP contribution in [0.15, 0.2) is 32.6 Å². The average molecular weight is 1450 g/mol. The van der Waals surface area contributed by atoms with E-state index < -0.39 is 33.3 Å². The van der Waals surface area contributed by atoms with Crippen molar-refractivity contribution in [2.24, 2.45) is 107 Å². The second kappa shape index (κ2) is 32.4. The fourth-order valence-electron chi connectivity index (χ4n) is 23.5. The van der Waals surface area contributed by atoms with Gasteiger partial charge in [0.05, 0.1) is 19.6 Å². The maximum absolute atomic E-state index is 17.6. The van der Waals surface area contributed by atoms with Crippen molar-refractivity contribution in [3.8, 4) is 17.2 Å². The molecule has 1 heterocycles. The number of rotatable bonds is 18. The van der Waals surface area contributed by atoms with Crippen molar-refractivity contribution in [1.82, 2.24) is 13.7 Å². The highest BCUT2D eigenvalue weighted by Crippen LogP contribution is 2.59. The lowest BCUT2D eigenvalue weighted by Crippen LogP contribution is -2.55. The highest BCUT2D eigenvalue weighted by Gasteiger charge is 2.47. The fourth-order valence-corrected chi connectivity index (χ4v) is 23.5. The van der Waals surface area contributed by atoms with E-state index in [9.17, 15) is 15.3 Å².